The normalized spacial score (nSPS) is 10.5. The van der Waals surface area contributed by atoms with Gasteiger partial charge in [0.15, 0.2) is 0 Å². The molecule has 2 aromatic heterocycles. The minimum absolute atomic E-state index is 0.0931. The van der Waals surface area contributed by atoms with E-state index in [2.05, 4.69) is 31.4 Å². The zero-order chi connectivity index (χ0) is 14.8. The molecule has 8 heteroatoms. The van der Waals surface area contributed by atoms with Gasteiger partial charge in [-0.25, -0.2) is 0 Å². The average molecular weight is 382 g/mol. The number of nitrogens with one attached hydrogen (secondary N) is 1. The highest BCUT2D eigenvalue weighted by Gasteiger charge is 2.14. The third kappa shape index (κ3) is 3.12. The molecule has 0 bridgehead atoms. The lowest BCUT2D eigenvalue weighted by atomic mass is 10.2. The summed E-state index contributed by atoms with van der Waals surface area (Å²) in [5, 5.41) is 25.4. The van der Waals surface area contributed by atoms with Crippen LogP contribution in [0.2, 0.25) is 0 Å². The molecular formula is C13H8BrN3O2S2. The molecular weight excluding hydrogens is 374 g/mol. The van der Waals surface area contributed by atoms with E-state index in [0.29, 0.717) is 9.60 Å². The van der Waals surface area contributed by atoms with E-state index in [0.717, 1.165) is 10.6 Å². The minimum atomic E-state index is -0.423. The van der Waals surface area contributed by atoms with Crippen LogP contribution in [-0.2, 0) is 0 Å². The summed E-state index contributed by atoms with van der Waals surface area (Å²) in [4.78, 5) is 12.1. The Morgan fingerprint density at radius 3 is 2.86 bits per heavy atom. The van der Waals surface area contributed by atoms with Crippen LogP contribution in [0.4, 0.5) is 5.13 Å². The molecule has 0 atom stereocenters. The van der Waals surface area contributed by atoms with Gasteiger partial charge in [-0.05, 0) is 29.6 Å². The Hall–Kier alpha value is -1.77. The molecule has 2 N–H and O–H groups in total. The molecule has 5 nitrogen and oxygen atoms in total. The van der Waals surface area contributed by atoms with Crippen molar-refractivity contribution in [1.29, 1.82) is 0 Å². The third-order valence-corrected chi connectivity index (χ3v) is 4.68. The molecule has 0 saturated heterocycles. The predicted octanol–water partition coefficient (Wildman–Crippen LogP) is 3.99. The number of hydrogen-bond acceptors (Lipinski definition) is 6. The number of aromatic hydroxyl groups is 1. The van der Waals surface area contributed by atoms with Gasteiger partial charge in [-0.15, -0.1) is 10.2 Å². The van der Waals surface area contributed by atoms with Crippen molar-refractivity contribution in [1.82, 2.24) is 10.2 Å². The first-order valence-electron chi connectivity index (χ1n) is 5.79. The van der Waals surface area contributed by atoms with Gasteiger partial charge >= 0.3 is 0 Å². The molecule has 1 aromatic carbocycles. The number of nitrogens with zero attached hydrogens (tertiary/aromatic N) is 2. The summed E-state index contributed by atoms with van der Waals surface area (Å²) in [5.74, 6) is -0.516. The molecule has 106 valence electrons. The Balaban J connectivity index is 1.79. The third-order valence-electron chi connectivity index (χ3n) is 2.62. The second-order valence-electron chi connectivity index (χ2n) is 4.04. The number of phenolic OH excluding ortho intramolecular Hbond substituents is 1. The molecule has 0 fully saturated rings. The molecule has 0 unspecified atom stereocenters. The number of thiophene rings is 1. The number of anilines is 1. The van der Waals surface area contributed by atoms with Crippen LogP contribution in [0.1, 0.15) is 10.4 Å². The van der Waals surface area contributed by atoms with Crippen molar-refractivity contribution < 1.29 is 9.90 Å². The summed E-state index contributed by atoms with van der Waals surface area (Å²) in [6, 6.07) is 6.63. The van der Waals surface area contributed by atoms with E-state index in [1.165, 1.54) is 23.5 Å². The minimum Gasteiger partial charge on any atom is -0.507 e. The topological polar surface area (TPSA) is 75.1 Å². The van der Waals surface area contributed by atoms with Crippen LogP contribution in [0.5, 0.6) is 5.75 Å². The first-order chi connectivity index (χ1) is 10.1. The first-order valence-corrected chi connectivity index (χ1v) is 8.34. The Kier molecular flexibility index (Phi) is 4.00. The lowest BCUT2D eigenvalue weighted by molar-refractivity contribution is 0.102. The summed E-state index contributed by atoms with van der Waals surface area (Å²) in [6.07, 6.45) is 0. The highest BCUT2D eigenvalue weighted by Crippen LogP contribution is 2.29. The fourth-order valence-electron chi connectivity index (χ4n) is 1.64. The van der Waals surface area contributed by atoms with Gasteiger partial charge in [0.25, 0.3) is 5.91 Å². The van der Waals surface area contributed by atoms with Crippen molar-refractivity contribution in [2.24, 2.45) is 0 Å². The van der Waals surface area contributed by atoms with Crippen LogP contribution in [-0.4, -0.2) is 21.2 Å². The number of rotatable bonds is 3. The Morgan fingerprint density at radius 2 is 2.14 bits per heavy atom. The number of halogens is 1. The van der Waals surface area contributed by atoms with Gasteiger partial charge in [0.1, 0.15) is 10.8 Å². The van der Waals surface area contributed by atoms with Gasteiger partial charge in [-0.3, -0.25) is 10.1 Å². The van der Waals surface area contributed by atoms with E-state index in [1.807, 2.05) is 16.8 Å². The molecule has 0 spiro atoms. The molecule has 3 aromatic rings. The molecule has 21 heavy (non-hydrogen) atoms. The highest BCUT2D eigenvalue weighted by molar-refractivity contribution is 9.10. The molecule has 0 radical (unpaired) electrons. The predicted molar refractivity (Wildman–Crippen MR) is 87.0 cm³/mol. The maximum Gasteiger partial charge on any atom is 0.261 e. The van der Waals surface area contributed by atoms with Crippen molar-refractivity contribution in [3.8, 4) is 16.3 Å². The van der Waals surface area contributed by atoms with Gasteiger partial charge in [0, 0.05) is 15.4 Å². The SMILES string of the molecule is O=C(Nc1nnc(-c2ccsc2)s1)c1ccc(Br)cc1O. The Labute approximate surface area is 136 Å². The smallest absolute Gasteiger partial charge is 0.261 e. The van der Waals surface area contributed by atoms with Gasteiger partial charge in [0.2, 0.25) is 5.13 Å². The van der Waals surface area contributed by atoms with Crippen LogP contribution in [0, 0.1) is 0 Å². The van der Waals surface area contributed by atoms with E-state index in [9.17, 15) is 9.90 Å². The molecule has 2 heterocycles. The van der Waals surface area contributed by atoms with Crippen molar-refractivity contribution in [3.05, 3.63) is 45.1 Å². The molecule has 0 aliphatic heterocycles. The molecule has 0 aliphatic carbocycles. The van der Waals surface area contributed by atoms with E-state index in [-0.39, 0.29) is 11.3 Å². The summed E-state index contributed by atoms with van der Waals surface area (Å²) in [5.41, 5.74) is 1.16. The maximum atomic E-state index is 12.1. The van der Waals surface area contributed by atoms with Gasteiger partial charge in [-0.1, -0.05) is 27.3 Å². The van der Waals surface area contributed by atoms with E-state index in [4.69, 9.17) is 0 Å². The summed E-state index contributed by atoms with van der Waals surface area (Å²) < 4.78 is 0.701. The summed E-state index contributed by atoms with van der Waals surface area (Å²) in [6.45, 7) is 0. The summed E-state index contributed by atoms with van der Waals surface area (Å²) >= 11 is 6.08. The van der Waals surface area contributed by atoms with E-state index >= 15 is 0 Å². The monoisotopic (exact) mass is 381 g/mol. The van der Waals surface area contributed by atoms with Crippen molar-refractivity contribution in [2.75, 3.05) is 5.32 Å². The first kappa shape index (κ1) is 14.2. The van der Waals surface area contributed by atoms with Crippen LogP contribution >= 0.6 is 38.6 Å². The number of hydrogen-bond donors (Lipinski definition) is 2. The second-order valence-corrected chi connectivity index (χ2v) is 6.71. The lowest BCUT2D eigenvalue weighted by Crippen LogP contribution is -2.11. The second kappa shape index (κ2) is 5.92. The van der Waals surface area contributed by atoms with Crippen molar-refractivity contribution in [2.45, 2.75) is 0 Å². The largest absolute Gasteiger partial charge is 0.507 e. The van der Waals surface area contributed by atoms with Crippen molar-refractivity contribution >= 4 is 49.6 Å². The lowest BCUT2D eigenvalue weighted by Gasteiger charge is -2.04. The Bertz CT molecular complexity index is 787. The standard InChI is InChI=1S/C13H8BrN3O2S2/c14-8-1-2-9(10(18)5-8)11(19)15-13-17-16-12(21-13)7-3-4-20-6-7/h1-6,18H,(H,15,17,19). The number of phenols is 1. The zero-order valence-corrected chi connectivity index (χ0v) is 13.6. The number of carbonyl (C=O) groups excluding carboxylic acids is 1. The number of carbonyl (C=O) groups is 1. The van der Waals surface area contributed by atoms with Crippen LogP contribution in [0.3, 0.4) is 0 Å². The Morgan fingerprint density at radius 1 is 1.29 bits per heavy atom. The average Bonchev–Trinajstić information content (AvgIpc) is 3.08. The number of amides is 1. The fraction of sp³-hybridized carbons (Fsp3) is 0. The molecule has 1 amide bonds. The van der Waals surface area contributed by atoms with Gasteiger partial charge in [-0.2, -0.15) is 11.3 Å². The van der Waals surface area contributed by atoms with Crippen LogP contribution < -0.4 is 5.32 Å². The van der Waals surface area contributed by atoms with Crippen LogP contribution in [0.15, 0.2) is 39.5 Å². The van der Waals surface area contributed by atoms with Crippen molar-refractivity contribution in [3.63, 3.8) is 0 Å². The van der Waals surface area contributed by atoms with Gasteiger partial charge in [0.05, 0.1) is 5.56 Å². The zero-order valence-electron chi connectivity index (χ0n) is 10.4. The number of benzene rings is 1. The molecule has 3 rings (SSSR count). The number of aromatic nitrogens is 2. The quantitative estimate of drug-likeness (QED) is 0.719. The molecule has 0 aliphatic rings. The van der Waals surface area contributed by atoms with E-state index < -0.39 is 5.91 Å². The molecule has 0 saturated carbocycles. The van der Waals surface area contributed by atoms with E-state index in [1.54, 1.807) is 17.4 Å². The highest BCUT2D eigenvalue weighted by atomic mass is 79.9. The fourth-order valence-corrected chi connectivity index (χ4v) is 3.44. The van der Waals surface area contributed by atoms with Gasteiger partial charge < -0.3 is 5.11 Å². The van der Waals surface area contributed by atoms with Crippen LogP contribution in [0.25, 0.3) is 10.6 Å². The maximum absolute atomic E-state index is 12.1. The summed E-state index contributed by atoms with van der Waals surface area (Å²) in [7, 11) is 0.